The molecule has 0 aromatic carbocycles. The first kappa shape index (κ1) is 4.95. The van der Waals surface area contributed by atoms with E-state index in [-0.39, 0.29) is 0 Å². The molecule has 30 valence electrons. The third kappa shape index (κ3) is 3.95. The van der Waals surface area contributed by atoms with Crippen LogP contribution in [-0.4, -0.2) is 0 Å². The summed E-state index contributed by atoms with van der Waals surface area (Å²) in [7, 11) is -1.20. The third-order valence-corrected chi connectivity index (χ3v) is 0.400. The Kier molecular flexibility index (Phi) is 2.18. The Hall–Kier alpha value is -0.0500. The molecular formula is H6N4P+. The van der Waals surface area contributed by atoms with Gasteiger partial charge in [-0.2, -0.15) is 5.53 Å². The molecule has 0 saturated heterocycles. The van der Waals surface area contributed by atoms with Gasteiger partial charge in [0.25, 0.3) is 0 Å². The van der Waals surface area contributed by atoms with Crippen molar-refractivity contribution in [1.29, 1.82) is 0 Å². The van der Waals surface area contributed by atoms with Crippen molar-refractivity contribution in [3.63, 3.8) is 0 Å². The highest BCUT2D eigenvalue weighted by atomic mass is 31.1. The summed E-state index contributed by atoms with van der Waals surface area (Å²) in [6, 6.07) is 0. The number of hydrogen-bond donors (Lipinski definition) is 3. The quantitative estimate of drug-likeness (QED) is 0.267. The van der Waals surface area contributed by atoms with Crippen LogP contribution in [0, 0.1) is 0 Å². The first-order chi connectivity index (χ1) is 2.27. The molecule has 0 unspecified atom stereocenters. The molecule has 0 saturated carbocycles. The fourth-order valence-corrected chi connectivity index (χ4v) is 0. The van der Waals surface area contributed by atoms with Crippen molar-refractivity contribution in [2.75, 3.05) is 0 Å². The van der Waals surface area contributed by atoms with Crippen LogP contribution in [0.1, 0.15) is 0 Å². The fraction of sp³-hybridized carbons (Fsp3) is 0. The van der Waals surface area contributed by atoms with Crippen LogP contribution in [0.5, 0.6) is 0 Å². The molecule has 0 aromatic rings. The van der Waals surface area contributed by atoms with Crippen LogP contribution in [0.15, 0.2) is 4.88 Å². The number of nitrogens with zero attached hydrogens (tertiary/aromatic N) is 1. The molecule has 0 atom stereocenters. The number of nitrogens with two attached hydrogens (primary N) is 3. The zero-order valence-electron chi connectivity index (χ0n) is 2.63. The van der Waals surface area contributed by atoms with Crippen LogP contribution in [0.4, 0.5) is 0 Å². The maximum absolute atomic E-state index is 4.84. The van der Waals surface area contributed by atoms with Gasteiger partial charge < -0.3 is 0 Å². The third-order valence-electron chi connectivity index (χ3n) is 0.133. The van der Waals surface area contributed by atoms with Crippen LogP contribution < -0.4 is 16.5 Å². The molecule has 0 radical (unpaired) electrons. The van der Waals surface area contributed by atoms with E-state index in [0.717, 1.165) is 0 Å². The molecule has 0 fully saturated rings. The van der Waals surface area contributed by atoms with Crippen molar-refractivity contribution in [3.05, 3.63) is 0 Å². The van der Waals surface area contributed by atoms with Crippen molar-refractivity contribution < 1.29 is 5.53 Å². The van der Waals surface area contributed by atoms with E-state index in [4.69, 9.17) is 11.0 Å². The molecule has 5 heteroatoms. The predicted octanol–water partition coefficient (Wildman–Crippen LogP) is -1.66. The van der Waals surface area contributed by atoms with Gasteiger partial charge in [-0.25, -0.2) is 0 Å². The van der Waals surface area contributed by atoms with Crippen LogP contribution >= 0.6 is 8.37 Å². The highest BCUT2D eigenvalue weighted by molar-refractivity contribution is 7.50. The average Bonchev–Trinajstić information content (AvgIpc) is 1.38. The normalized spacial score (nSPS) is 8.60. The van der Waals surface area contributed by atoms with E-state index in [0.29, 0.717) is 0 Å². The summed E-state index contributed by atoms with van der Waals surface area (Å²) in [5.41, 5.74) is 14.3. The van der Waals surface area contributed by atoms with E-state index < -0.39 is 8.37 Å². The summed E-state index contributed by atoms with van der Waals surface area (Å²) < 4.78 is 0. The zero-order chi connectivity index (χ0) is 4.28. The lowest BCUT2D eigenvalue weighted by Gasteiger charge is -1.78. The fourth-order valence-electron chi connectivity index (χ4n) is 0. The minimum Gasteiger partial charge on any atom is -0.274 e. The Morgan fingerprint density at radius 1 is 1.60 bits per heavy atom. The smallest absolute Gasteiger partial charge is 0.231 e. The maximum atomic E-state index is 4.84. The molecule has 4 nitrogen and oxygen atoms in total. The summed E-state index contributed by atoms with van der Waals surface area (Å²) in [5, 5.41) is 0. The van der Waals surface area contributed by atoms with E-state index in [9.17, 15) is 0 Å². The topological polar surface area (TPSA) is 90.0 Å². The van der Waals surface area contributed by atoms with Crippen LogP contribution in [0.2, 0.25) is 0 Å². The standard InChI is InChI=1S/H5N4P/c1-4-5(2)3/h1H,2-3H2/p+1. The van der Waals surface area contributed by atoms with E-state index >= 15 is 0 Å². The lowest BCUT2D eigenvalue weighted by Crippen LogP contribution is -2.24. The molecule has 0 amide bonds. The number of hydrogen-bond acceptors (Lipinski definition) is 3. The van der Waals surface area contributed by atoms with Gasteiger partial charge in [0.1, 0.15) is 0 Å². The van der Waals surface area contributed by atoms with E-state index in [2.05, 4.69) is 10.4 Å². The van der Waals surface area contributed by atoms with Crippen molar-refractivity contribution >= 4 is 8.37 Å². The van der Waals surface area contributed by atoms with E-state index in [1.165, 1.54) is 0 Å². The molecule has 0 aliphatic heterocycles. The van der Waals surface area contributed by atoms with Gasteiger partial charge in [-0.05, 0) is 0 Å². The second-order valence-corrected chi connectivity index (χ2v) is 1.49. The molecule has 0 aliphatic rings. The van der Waals surface area contributed by atoms with Crippen molar-refractivity contribution in [2.45, 2.75) is 0 Å². The van der Waals surface area contributed by atoms with Gasteiger partial charge in [-0.1, -0.05) is 0 Å². The molecule has 6 N–H and O–H groups in total. The molecule has 5 heavy (non-hydrogen) atoms. The van der Waals surface area contributed by atoms with Gasteiger partial charge in [0, 0.05) is 4.88 Å². The lowest BCUT2D eigenvalue weighted by atomic mass is 13.3. The predicted molar refractivity (Wildman–Crippen MR) is 19.6 cm³/mol. The summed E-state index contributed by atoms with van der Waals surface area (Å²) >= 11 is 0. The first-order valence-corrected chi connectivity index (χ1v) is 2.41. The molecule has 0 bridgehead atoms. The Bertz CT molecular complexity index is 30.6. The molecular weight excluding hydrogens is 87.0 g/mol. The van der Waals surface area contributed by atoms with Crippen LogP contribution in [0.25, 0.3) is 0 Å². The van der Waals surface area contributed by atoms with E-state index in [1.807, 2.05) is 0 Å². The SMILES string of the molecule is NP(N)N=[NH2+]. The van der Waals surface area contributed by atoms with Gasteiger partial charge in [0.05, 0.1) is 0 Å². The zero-order valence-corrected chi connectivity index (χ0v) is 3.52. The van der Waals surface area contributed by atoms with Gasteiger partial charge >= 0.3 is 0 Å². The highest BCUT2D eigenvalue weighted by Crippen LogP contribution is 2.07. The second-order valence-electron chi connectivity index (χ2n) is 0.495. The monoisotopic (exact) mass is 93.0 g/mol. The largest absolute Gasteiger partial charge is 0.274 e. The Balaban J connectivity index is 2.83. The molecule has 0 spiro atoms. The Labute approximate surface area is 31.0 Å². The van der Waals surface area contributed by atoms with Crippen molar-refractivity contribution in [2.24, 2.45) is 15.9 Å². The molecule has 0 aromatic heterocycles. The maximum Gasteiger partial charge on any atom is 0.231 e. The van der Waals surface area contributed by atoms with Crippen molar-refractivity contribution in [1.82, 2.24) is 0 Å². The first-order valence-electron chi connectivity index (χ1n) is 0.975. The average molecular weight is 93.1 g/mol. The van der Waals surface area contributed by atoms with Gasteiger partial charge in [0.15, 0.2) is 0 Å². The minimum atomic E-state index is -1.20. The summed E-state index contributed by atoms with van der Waals surface area (Å²) in [4.78, 5) is 3.01. The Morgan fingerprint density at radius 2 is 1.80 bits per heavy atom. The second kappa shape index (κ2) is 2.20. The van der Waals surface area contributed by atoms with Crippen LogP contribution in [-0.2, 0) is 0 Å². The van der Waals surface area contributed by atoms with Gasteiger partial charge in [-0.15, -0.1) is 0 Å². The summed E-state index contributed by atoms with van der Waals surface area (Å²) in [5.74, 6) is 0. The lowest BCUT2D eigenvalue weighted by molar-refractivity contribution is -0.202. The highest BCUT2D eigenvalue weighted by Gasteiger charge is 1.82. The molecule has 0 heterocycles. The van der Waals surface area contributed by atoms with E-state index in [1.54, 1.807) is 0 Å². The molecule has 0 rings (SSSR count). The van der Waals surface area contributed by atoms with Gasteiger partial charge in [0.2, 0.25) is 8.37 Å². The number of rotatable bonds is 1. The van der Waals surface area contributed by atoms with Gasteiger partial charge in [-0.3, -0.25) is 11.0 Å². The summed E-state index contributed by atoms with van der Waals surface area (Å²) in [6.45, 7) is 0. The minimum absolute atomic E-state index is 1.20. The van der Waals surface area contributed by atoms with Crippen LogP contribution in [0.3, 0.4) is 0 Å². The molecule has 0 aliphatic carbocycles. The Morgan fingerprint density at radius 3 is 1.80 bits per heavy atom. The summed E-state index contributed by atoms with van der Waals surface area (Å²) in [6.07, 6.45) is 0. The van der Waals surface area contributed by atoms with Crippen molar-refractivity contribution in [3.8, 4) is 0 Å².